The van der Waals surface area contributed by atoms with Gasteiger partial charge in [0.2, 0.25) is 0 Å². The summed E-state index contributed by atoms with van der Waals surface area (Å²) in [7, 11) is 0. The highest BCUT2D eigenvalue weighted by atomic mass is 32.2. The fourth-order valence-corrected chi connectivity index (χ4v) is 2.62. The van der Waals surface area contributed by atoms with Gasteiger partial charge in [-0.25, -0.2) is 4.98 Å². The minimum atomic E-state index is -4.33. The first-order valence-corrected chi connectivity index (χ1v) is 7.44. The molecule has 0 unspecified atom stereocenters. The van der Waals surface area contributed by atoms with Crippen LogP contribution in [0.5, 0.6) is 0 Å². The van der Waals surface area contributed by atoms with E-state index in [9.17, 15) is 13.2 Å². The van der Waals surface area contributed by atoms with Crippen LogP contribution in [0.3, 0.4) is 0 Å². The Hall–Kier alpha value is -1.69. The number of rotatable bonds is 5. The molecule has 0 amide bonds. The molecule has 2 aromatic rings. The van der Waals surface area contributed by atoms with Crippen molar-refractivity contribution in [2.24, 2.45) is 0 Å². The Kier molecular flexibility index (Phi) is 5.12. The number of hydrogen-bond donors (Lipinski definition) is 1. The highest BCUT2D eigenvalue weighted by Crippen LogP contribution is 2.29. The third-order valence-electron chi connectivity index (χ3n) is 2.87. The molecule has 0 radical (unpaired) electrons. The molecule has 0 aliphatic rings. The number of thioether (sulfide) groups is 1. The maximum Gasteiger partial charge on any atom is 0.417 e. The molecule has 2 N–H and O–H groups in total. The number of alkyl halides is 3. The summed E-state index contributed by atoms with van der Waals surface area (Å²) >= 11 is 1.45. The van der Waals surface area contributed by atoms with E-state index in [1.165, 1.54) is 17.8 Å². The molecule has 0 bridgehead atoms. The van der Waals surface area contributed by atoms with E-state index in [1.54, 1.807) is 0 Å². The quantitative estimate of drug-likeness (QED) is 0.505. The molecule has 0 atom stereocenters. The number of anilines is 1. The first-order chi connectivity index (χ1) is 9.95. The number of aromatic nitrogens is 1. The van der Waals surface area contributed by atoms with E-state index in [-0.39, 0.29) is 0 Å². The zero-order chi connectivity index (χ0) is 15.3. The number of hydrogen-bond acceptors (Lipinski definition) is 3. The number of benzene rings is 1. The van der Waals surface area contributed by atoms with Crippen molar-refractivity contribution in [3.8, 4) is 0 Å². The maximum absolute atomic E-state index is 12.4. The Morgan fingerprint density at radius 2 is 1.95 bits per heavy atom. The van der Waals surface area contributed by atoms with E-state index < -0.39 is 11.7 Å². The van der Waals surface area contributed by atoms with Crippen LogP contribution in [0.1, 0.15) is 17.5 Å². The van der Waals surface area contributed by atoms with Crippen molar-refractivity contribution < 1.29 is 13.2 Å². The highest BCUT2D eigenvalue weighted by molar-refractivity contribution is 7.99. The second-order valence-corrected chi connectivity index (χ2v) is 5.70. The summed E-state index contributed by atoms with van der Waals surface area (Å²) < 4.78 is 37.2. The summed E-state index contributed by atoms with van der Waals surface area (Å²) in [6, 6.07) is 10.2. The molecule has 1 aromatic heterocycles. The van der Waals surface area contributed by atoms with Crippen LogP contribution in [0.2, 0.25) is 0 Å². The molecule has 0 fully saturated rings. The molecule has 0 saturated heterocycles. The average Bonchev–Trinajstić information content (AvgIpc) is 2.43. The van der Waals surface area contributed by atoms with E-state index in [0.717, 1.165) is 42.1 Å². The molecule has 2 rings (SSSR count). The second-order valence-electron chi connectivity index (χ2n) is 4.58. The van der Waals surface area contributed by atoms with Crippen LogP contribution in [0.15, 0.2) is 47.6 Å². The maximum atomic E-state index is 12.4. The smallest absolute Gasteiger partial charge is 0.399 e. The van der Waals surface area contributed by atoms with Gasteiger partial charge in [-0.2, -0.15) is 13.2 Å². The molecular weight excluding hydrogens is 297 g/mol. The van der Waals surface area contributed by atoms with Gasteiger partial charge in [0, 0.05) is 11.9 Å². The lowest BCUT2D eigenvalue weighted by molar-refractivity contribution is -0.137. The van der Waals surface area contributed by atoms with Crippen molar-refractivity contribution in [2.75, 3.05) is 11.5 Å². The van der Waals surface area contributed by atoms with Gasteiger partial charge in [-0.05, 0) is 48.4 Å². The van der Waals surface area contributed by atoms with Crippen LogP contribution in [-0.4, -0.2) is 10.7 Å². The van der Waals surface area contributed by atoms with E-state index >= 15 is 0 Å². The molecule has 0 spiro atoms. The summed E-state index contributed by atoms with van der Waals surface area (Å²) in [4.78, 5) is 3.83. The fraction of sp³-hybridized carbons (Fsp3) is 0.267. The van der Waals surface area contributed by atoms with Gasteiger partial charge >= 0.3 is 6.18 Å². The minimum Gasteiger partial charge on any atom is -0.399 e. The van der Waals surface area contributed by atoms with Crippen LogP contribution >= 0.6 is 11.8 Å². The SMILES string of the molecule is Nc1cccc(CCCSc2ccc(C(F)(F)F)cn2)c1. The van der Waals surface area contributed by atoms with Gasteiger partial charge in [-0.15, -0.1) is 11.8 Å². The van der Waals surface area contributed by atoms with Crippen molar-refractivity contribution in [3.05, 3.63) is 53.7 Å². The van der Waals surface area contributed by atoms with Crippen LogP contribution in [-0.2, 0) is 12.6 Å². The normalized spacial score (nSPS) is 11.6. The molecule has 1 heterocycles. The summed E-state index contributed by atoms with van der Waals surface area (Å²) in [5.41, 5.74) is 6.88. The Morgan fingerprint density at radius 3 is 2.57 bits per heavy atom. The minimum absolute atomic E-state index is 0.607. The first-order valence-electron chi connectivity index (χ1n) is 6.45. The predicted molar refractivity (Wildman–Crippen MR) is 79.1 cm³/mol. The van der Waals surface area contributed by atoms with Crippen LogP contribution < -0.4 is 5.73 Å². The van der Waals surface area contributed by atoms with Crippen molar-refractivity contribution in [1.29, 1.82) is 0 Å². The van der Waals surface area contributed by atoms with Gasteiger partial charge in [0.25, 0.3) is 0 Å². The molecule has 2 nitrogen and oxygen atoms in total. The third kappa shape index (κ3) is 4.97. The molecule has 0 aliphatic carbocycles. The largest absolute Gasteiger partial charge is 0.417 e. The number of pyridine rings is 1. The van der Waals surface area contributed by atoms with E-state index in [0.29, 0.717) is 5.03 Å². The lowest BCUT2D eigenvalue weighted by Gasteiger charge is -2.06. The molecule has 6 heteroatoms. The summed E-state index contributed by atoms with van der Waals surface area (Å²) in [6.45, 7) is 0. The monoisotopic (exact) mass is 312 g/mol. The lowest BCUT2D eigenvalue weighted by Crippen LogP contribution is -2.05. The fourth-order valence-electron chi connectivity index (χ4n) is 1.84. The Bertz CT molecular complexity index is 582. The van der Waals surface area contributed by atoms with E-state index in [1.807, 2.05) is 24.3 Å². The van der Waals surface area contributed by atoms with Crippen molar-refractivity contribution in [3.63, 3.8) is 0 Å². The highest BCUT2D eigenvalue weighted by Gasteiger charge is 2.30. The molecular formula is C15H15F3N2S. The predicted octanol–water partition coefficient (Wildman–Crippen LogP) is 4.41. The molecule has 0 aliphatic heterocycles. The summed E-state index contributed by atoms with van der Waals surface area (Å²) in [5.74, 6) is 0.799. The van der Waals surface area contributed by atoms with Gasteiger partial charge in [0.1, 0.15) is 0 Å². The van der Waals surface area contributed by atoms with Crippen LogP contribution in [0, 0.1) is 0 Å². The number of nitrogens with zero attached hydrogens (tertiary/aromatic N) is 1. The zero-order valence-corrected chi connectivity index (χ0v) is 12.0. The van der Waals surface area contributed by atoms with E-state index in [4.69, 9.17) is 5.73 Å². The molecule has 0 saturated carbocycles. The summed E-state index contributed by atoms with van der Waals surface area (Å²) in [6.07, 6.45) is -1.65. The van der Waals surface area contributed by atoms with Gasteiger partial charge in [0.05, 0.1) is 10.6 Å². The lowest BCUT2D eigenvalue weighted by atomic mass is 10.1. The number of aryl methyl sites for hydroxylation is 1. The second kappa shape index (κ2) is 6.85. The van der Waals surface area contributed by atoms with Crippen LogP contribution in [0.4, 0.5) is 18.9 Å². The Balaban J connectivity index is 1.79. The Labute approximate surface area is 125 Å². The topological polar surface area (TPSA) is 38.9 Å². The van der Waals surface area contributed by atoms with Gasteiger partial charge in [-0.1, -0.05) is 12.1 Å². The standard InChI is InChI=1S/C15H15F3N2S/c16-15(17,18)12-6-7-14(20-10-12)21-8-2-4-11-3-1-5-13(19)9-11/h1,3,5-7,9-10H,2,4,8,19H2. The van der Waals surface area contributed by atoms with Crippen molar-refractivity contribution in [1.82, 2.24) is 4.98 Å². The number of nitrogen functional groups attached to an aromatic ring is 1. The molecule has 21 heavy (non-hydrogen) atoms. The molecule has 1 aromatic carbocycles. The molecule has 112 valence electrons. The van der Waals surface area contributed by atoms with Gasteiger partial charge < -0.3 is 5.73 Å². The number of nitrogens with two attached hydrogens (primary N) is 1. The number of halogens is 3. The third-order valence-corrected chi connectivity index (χ3v) is 3.90. The van der Waals surface area contributed by atoms with Gasteiger partial charge in [-0.3, -0.25) is 0 Å². The average molecular weight is 312 g/mol. The zero-order valence-electron chi connectivity index (χ0n) is 11.2. The van der Waals surface area contributed by atoms with Crippen molar-refractivity contribution in [2.45, 2.75) is 24.0 Å². The van der Waals surface area contributed by atoms with Crippen molar-refractivity contribution >= 4 is 17.4 Å². The van der Waals surface area contributed by atoms with Crippen LogP contribution in [0.25, 0.3) is 0 Å². The summed E-state index contributed by atoms with van der Waals surface area (Å²) in [5, 5.41) is 0.607. The van der Waals surface area contributed by atoms with E-state index in [2.05, 4.69) is 4.98 Å². The van der Waals surface area contributed by atoms with Gasteiger partial charge in [0.15, 0.2) is 0 Å². The first kappa shape index (κ1) is 15.7. The Morgan fingerprint density at radius 1 is 1.14 bits per heavy atom.